The number of likely N-dealkylation sites (N-methyl/N-ethyl adjacent to an activating group) is 1. The van der Waals surface area contributed by atoms with Crippen LogP contribution in [0.5, 0.6) is 5.75 Å². The van der Waals surface area contributed by atoms with Crippen molar-refractivity contribution in [2.75, 3.05) is 13.6 Å². The number of carbonyl (C=O) groups excluding carboxylic acids is 3. The van der Waals surface area contributed by atoms with Gasteiger partial charge in [-0.25, -0.2) is 9.78 Å². The highest BCUT2D eigenvalue weighted by Gasteiger charge is 2.40. The van der Waals surface area contributed by atoms with Crippen LogP contribution in [-0.4, -0.2) is 74.4 Å². The Labute approximate surface area is 225 Å². The van der Waals surface area contributed by atoms with Crippen LogP contribution in [0, 0.1) is 5.92 Å². The number of nitrogens with one attached hydrogen (secondary N) is 1. The van der Waals surface area contributed by atoms with Crippen molar-refractivity contribution in [3.05, 3.63) is 45.9 Å². The molecule has 1 aliphatic carbocycles. The van der Waals surface area contributed by atoms with Gasteiger partial charge >= 0.3 is 6.09 Å². The van der Waals surface area contributed by atoms with E-state index < -0.39 is 24.1 Å². The van der Waals surface area contributed by atoms with E-state index >= 15 is 0 Å². The molecular weight excluding hydrogens is 508 g/mol. The van der Waals surface area contributed by atoms with Crippen molar-refractivity contribution in [3.8, 4) is 5.75 Å². The van der Waals surface area contributed by atoms with E-state index in [1.807, 2.05) is 0 Å². The van der Waals surface area contributed by atoms with E-state index in [2.05, 4.69) is 10.3 Å². The summed E-state index contributed by atoms with van der Waals surface area (Å²) in [6.45, 7) is 2.02. The number of carboxylic acid groups (broad SMARTS) is 1. The standard InChI is InChI=1S/C27H34N4O6S/c1-16(30(2)27(36)37)24(34)29-22(17-8-4-3-5-9-17)26(35)31-13-7-12-21(31)25-28-20(15-38-25)23(33)18-10-6-11-19(32)14-18/h6,10-11,14-17,21-22,32H,3-5,7-9,12-13H2,1-2H3,(H,29,34)(H,36,37)/t16-,21+,22-/m0/s1. The van der Waals surface area contributed by atoms with Crippen LogP contribution in [0.25, 0.3) is 0 Å². The van der Waals surface area contributed by atoms with Crippen molar-refractivity contribution in [2.45, 2.75) is 70.0 Å². The zero-order valence-electron chi connectivity index (χ0n) is 21.6. The summed E-state index contributed by atoms with van der Waals surface area (Å²) in [7, 11) is 1.33. The number of aromatic nitrogens is 1. The van der Waals surface area contributed by atoms with E-state index in [1.165, 1.54) is 37.4 Å². The molecule has 1 aromatic heterocycles. The van der Waals surface area contributed by atoms with E-state index in [-0.39, 0.29) is 35.1 Å². The second-order valence-electron chi connectivity index (χ2n) is 10.1. The van der Waals surface area contributed by atoms with Crippen molar-refractivity contribution in [1.82, 2.24) is 20.1 Å². The van der Waals surface area contributed by atoms with Crippen LogP contribution in [0.1, 0.15) is 79.0 Å². The number of benzene rings is 1. The lowest BCUT2D eigenvalue weighted by Crippen LogP contribution is -2.56. The van der Waals surface area contributed by atoms with Crippen molar-refractivity contribution >= 4 is 35.0 Å². The maximum atomic E-state index is 14.0. The van der Waals surface area contributed by atoms with Crippen molar-refractivity contribution < 1.29 is 29.4 Å². The predicted molar refractivity (Wildman–Crippen MR) is 141 cm³/mol. The number of rotatable bonds is 8. The van der Waals surface area contributed by atoms with Gasteiger partial charge in [0, 0.05) is 24.5 Å². The quantitative estimate of drug-likeness (QED) is 0.431. The Kier molecular flexibility index (Phi) is 8.65. The predicted octanol–water partition coefficient (Wildman–Crippen LogP) is 3.81. The molecule has 3 atom stereocenters. The molecule has 2 fully saturated rings. The van der Waals surface area contributed by atoms with Crippen LogP contribution in [0.4, 0.5) is 4.79 Å². The van der Waals surface area contributed by atoms with Gasteiger partial charge in [0.25, 0.3) is 0 Å². The van der Waals surface area contributed by atoms with Gasteiger partial charge in [-0.1, -0.05) is 31.4 Å². The number of ketones is 1. The van der Waals surface area contributed by atoms with E-state index in [0.29, 0.717) is 23.5 Å². The molecule has 2 aliphatic rings. The number of hydrogen-bond acceptors (Lipinski definition) is 7. The van der Waals surface area contributed by atoms with Gasteiger partial charge in [0.2, 0.25) is 17.6 Å². The molecule has 1 saturated heterocycles. The summed E-state index contributed by atoms with van der Waals surface area (Å²) in [5.74, 6) is -1.01. The molecule has 0 spiro atoms. The molecule has 2 heterocycles. The van der Waals surface area contributed by atoms with Crippen LogP contribution >= 0.6 is 11.3 Å². The van der Waals surface area contributed by atoms with Crippen LogP contribution in [0.15, 0.2) is 29.6 Å². The van der Waals surface area contributed by atoms with Crippen LogP contribution in [0.2, 0.25) is 0 Å². The smallest absolute Gasteiger partial charge is 0.407 e. The Morgan fingerprint density at radius 3 is 2.55 bits per heavy atom. The van der Waals surface area contributed by atoms with Gasteiger partial charge in [-0.2, -0.15) is 0 Å². The third-order valence-corrected chi connectivity index (χ3v) is 8.58. The number of nitrogens with zero attached hydrogens (tertiary/aromatic N) is 3. The summed E-state index contributed by atoms with van der Waals surface area (Å²) in [6.07, 6.45) is 4.93. The first-order valence-corrected chi connectivity index (χ1v) is 13.9. The molecule has 1 saturated carbocycles. The molecule has 38 heavy (non-hydrogen) atoms. The molecule has 0 unspecified atom stereocenters. The highest BCUT2D eigenvalue weighted by atomic mass is 32.1. The summed E-state index contributed by atoms with van der Waals surface area (Å²) in [5.41, 5.74) is 0.597. The first kappa shape index (κ1) is 27.6. The molecule has 0 radical (unpaired) electrons. The zero-order chi connectivity index (χ0) is 27.4. The second kappa shape index (κ2) is 11.9. The third-order valence-electron chi connectivity index (χ3n) is 7.63. The molecule has 204 valence electrons. The molecule has 2 aromatic rings. The zero-order valence-corrected chi connectivity index (χ0v) is 22.4. The van der Waals surface area contributed by atoms with Gasteiger partial charge < -0.3 is 20.4 Å². The Hall–Kier alpha value is -3.47. The van der Waals surface area contributed by atoms with Gasteiger partial charge in [-0.15, -0.1) is 11.3 Å². The largest absolute Gasteiger partial charge is 0.508 e. The minimum absolute atomic E-state index is 0.00136. The average molecular weight is 543 g/mol. The summed E-state index contributed by atoms with van der Waals surface area (Å²) >= 11 is 1.32. The lowest BCUT2D eigenvalue weighted by Gasteiger charge is -2.35. The molecule has 11 heteroatoms. The summed E-state index contributed by atoms with van der Waals surface area (Å²) < 4.78 is 0. The number of likely N-dealkylation sites (tertiary alicyclic amines) is 1. The number of thiazole rings is 1. The normalized spacial score (nSPS) is 19.5. The first-order valence-electron chi connectivity index (χ1n) is 13.0. The van der Waals surface area contributed by atoms with Gasteiger partial charge in [0.1, 0.15) is 28.5 Å². The Morgan fingerprint density at radius 2 is 1.87 bits per heavy atom. The van der Waals surface area contributed by atoms with Crippen molar-refractivity contribution in [3.63, 3.8) is 0 Å². The van der Waals surface area contributed by atoms with E-state index in [9.17, 15) is 29.4 Å². The highest BCUT2D eigenvalue weighted by molar-refractivity contribution is 7.10. The second-order valence-corrected chi connectivity index (χ2v) is 11.0. The number of carbonyl (C=O) groups is 4. The summed E-state index contributed by atoms with van der Waals surface area (Å²) in [5, 5.41) is 24.2. The molecule has 10 nitrogen and oxygen atoms in total. The minimum atomic E-state index is -1.22. The first-order chi connectivity index (χ1) is 18.2. The highest BCUT2D eigenvalue weighted by Crippen LogP contribution is 2.36. The van der Waals surface area contributed by atoms with Crippen LogP contribution in [-0.2, 0) is 9.59 Å². The number of phenols is 1. The molecule has 3 N–H and O–H groups in total. The van der Waals surface area contributed by atoms with E-state index in [4.69, 9.17) is 0 Å². The number of phenolic OH excluding ortho intramolecular Hbond substituents is 1. The molecule has 0 bridgehead atoms. The van der Waals surface area contributed by atoms with Crippen molar-refractivity contribution in [2.24, 2.45) is 5.92 Å². The molecule has 3 amide bonds. The van der Waals surface area contributed by atoms with Gasteiger partial charge in [0.15, 0.2) is 0 Å². The lowest BCUT2D eigenvalue weighted by atomic mass is 9.83. The monoisotopic (exact) mass is 542 g/mol. The molecule has 1 aliphatic heterocycles. The van der Waals surface area contributed by atoms with E-state index in [0.717, 1.165) is 43.4 Å². The number of hydrogen-bond donors (Lipinski definition) is 3. The SMILES string of the molecule is C[C@@H](C(=O)N[C@H](C(=O)N1CCC[C@@H]1c1nc(C(=O)c2cccc(O)c2)cs1)C1CCCCC1)N(C)C(=O)O. The van der Waals surface area contributed by atoms with Gasteiger partial charge in [-0.3, -0.25) is 19.3 Å². The van der Waals surface area contributed by atoms with Crippen LogP contribution < -0.4 is 5.32 Å². The average Bonchev–Trinajstić information content (AvgIpc) is 3.60. The van der Waals surface area contributed by atoms with E-state index in [1.54, 1.807) is 22.4 Å². The lowest BCUT2D eigenvalue weighted by molar-refractivity contribution is -0.140. The van der Waals surface area contributed by atoms with Crippen LogP contribution in [0.3, 0.4) is 0 Å². The van der Waals surface area contributed by atoms with Gasteiger partial charge in [-0.05, 0) is 50.7 Å². The Bertz CT molecular complexity index is 1190. The summed E-state index contributed by atoms with van der Waals surface area (Å²) in [4.78, 5) is 58.5. The van der Waals surface area contributed by atoms with Crippen molar-refractivity contribution in [1.29, 1.82) is 0 Å². The fraction of sp³-hybridized carbons (Fsp3) is 0.519. The molecule has 4 rings (SSSR count). The fourth-order valence-electron chi connectivity index (χ4n) is 5.27. The number of aromatic hydroxyl groups is 1. The molecule has 1 aromatic carbocycles. The number of amides is 3. The Morgan fingerprint density at radius 1 is 1.13 bits per heavy atom. The fourth-order valence-corrected chi connectivity index (χ4v) is 6.22. The third kappa shape index (κ3) is 5.98. The summed E-state index contributed by atoms with van der Waals surface area (Å²) in [6, 6.07) is 4.11. The topological polar surface area (TPSA) is 140 Å². The maximum Gasteiger partial charge on any atom is 0.407 e. The maximum absolute atomic E-state index is 14.0. The minimum Gasteiger partial charge on any atom is -0.508 e. The Balaban J connectivity index is 1.54. The molecular formula is C27H34N4O6S. The van der Waals surface area contributed by atoms with Gasteiger partial charge in [0.05, 0.1) is 6.04 Å².